The number of hydrogen-bond donors (Lipinski definition) is 2. The summed E-state index contributed by atoms with van der Waals surface area (Å²) in [6.07, 6.45) is 13.6. The molecule has 0 saturated heterocycles. The molecule has 4 N–H and O–H groups in total. The Balaban J connectivity index is 1.29. The molecule has 4 aliphatic carbocycles. The second-order valence-electron chi connectivity index (χ2n) is 11.5. The first-order valence-electron chi connectivity index (χ1n) is 12.6. The van der Waals surface area contributed by atoms with E-state index in [2.05, 4.69) is 18.8 Å². The average Bonchev–Trinajstić information content (AvgIpc) is 3.11. The summed E-state index contributed by atoms with van der Waals surface area (Å²) in [5.74, 6) is 12.4. The van der Waals surface area contributed by atoms with Crippen molar-refractivity contribution < 1.29 is 4.79 Å². The molecule has 0 radical (unpaired) electrons. The van der Waals surface area contributed by atoms with Crippen molar-refractivity contribution >= 4 is 17.3 Å². The number of hydrogen-bond acceptors (Lipinski definition) is 5. The summed E-state index contributed by atoms with van der Waals surface area (Å²) >= 11 is 0. The highest BCUT2D eigenvalue weighted by molar-refractivity contribution is 5.87. The number of anilines is 2. The van der Waals surface area contributed by atoms with Gasteiger partial charge in [0.1, 0.15) is 5.82 Å². The standard InChI is InChI=1S/C26H40N4O/c1-16-5-7-18-17(14-16)6-8-20-19(18)11-12-26(2)21(20)9-10-22(26)24(31)15-30(28)23-4-3-13-29-25(23)27/h3-4,13,16-22H,5-12,14-15,28H2,1-2H3,(H2,27,29)/t16-,17?,18?,19?,20?,21?,22?,26?/m0/s1. The lowest BCUT2D eigenvalue weighted by atomic mass is 9.49. The summed E-state index contributed by atoms with van der Waals surface area (Å²) in [6.45, 7) is 5.10. The minimum atomic E-state index is 0.131. The number of fused-ring (bicyclic) bond motifs is 5. The highest BCUT2D eigenvalue weighted by atomic mass is 16.1. The van der Waals surface area contributed by atoms with Gasteiger partial charge in [0, 0.05) is 12.1 Å². The fourth-order valence-corrected chi connectivity index (χ4v) is 8.63. The lowest BCUT2D eigenvalue weighted by Crippen LogP contribution is -2.50. The molecule has 0 amide bonds. The Bertz CT molecular complexity index is 827. The van der Waals surface area contributed by atoms with Crippen LogP contribution in [-0.2, 0) is 4.79 Å². The van der Waals surface area contributed by atoms with Gasteiger partial charge in [0.2, 0.25) is 0 Å². The van der Waals surface area contributed by atoms with Gasteiger partial charge in [-0.3, -0.25) is 9.80 Å². The van der Waals surface area contributed by atoms with Gasteiger partial charge in [-0.2, -0.15) is 0 Å². The van der Waals surface area contributed by atoms with E-state index in [1.807, 2.05) is 12.1 Å². The number of nitrogens with zero attached hydrogens (tertiary/aromatic N) is 2. The number of hydrazine groups is 1. The van der Waals surface area contributed by atoms with Gasteiger partial charge < -0.3 is 5.73 Å². The van der Waals surface area contributed by atoms with Gasteiger partial charge in [0.25, 0.3) is 0 Å². The van der Waals surface area contributed by atoms with Gasteiger partial charge >= 0.3 is 0 Å². The Kier molecular flexibility index (Phi) is 5.52. The number of pyridine rings is 1. The second-order valence-corrected chi connectivity index (χ2v) is 11.5. The van der Waals surface area contributed by atoms with E-state index in [-0.39, 0.29) is 23.7 Å². The quantitative estimate of drug-likeness (QED) is 0.535. The molecule has 4 fully saturated rings. The van der Waals surface area contributed by atoms with E-state index in [4.69, 9.17) is 11.6 Å². The molecule has 5 rings (SSSR count). The van der Waals surface area contributed by atoms with Crippen LogP contribution in [0, 0.1) is 46.8 Å². The molecule has 8 atom stereocenters. The summed E-state index contributed by atoms with van der Waals surface area (Å²) in [6, 6.07) is 3.65. The predicted octanol–water partition coefficient (Wildman–Crippen LogP) is 4.82. The molecule has 0 spiro atoms. The van der Waals surface area contributed by atoms with Gasteiger partial charge in [0.05, 0.1) is 12.2 Å². The third-order valence-electron chi connectivity index (χ3n) is 10.1. The van der Waals surface area contributed by atoms with E-state index in [0.29, 0.717) is 11.5 Å². The maximum Gasteiger partial charge on any atom is 0.157 e. The van der Waals surface area contributed by atoms with Crippen molar-refractivity contribution in [2.24, 2.45) is 52.7 Å². The summed E-state index contributed by atoms with van der Waals surface area (Å²) in [5.41, 5.74) is 6.76. The van der Waals surface area contributed by atoms with E-state index in [1.54, 1.807) is 6.20 Å². The fraction of sp³-hybridized carbons (Fsp3) is 0.769. The van der Waals surface area contributed by atoms with Gasteiger partial charge in [0.15, 0.2) is 5.78 Å². The molecule has 1 heterocycles. The normalized spacial score (nSPS) is 41.7. The molecule has 4 aliphatic rings. The topological polar surface area (TPSA) is 85.2 Å². The first-order valence-corrected chi connectivity index (χ1v) is 12.6. The highest BCUT2D eigenvalue weighted by Gasteiger charge is 2.58. The maximum atomic E-state index is 13.4. The number of aromatic nitrogens is 1. The molecule has 1 aromatic heterocycles. The summed E-state index contributed by atoms with van der Waals surface area (Å²) in [7, 11) is 0. The third kappa shape index (κ3) is 3.57. The molecule has 0 aliphatic heterocycles. The second kappa shape index (κ2) is 8.06. The highest BCUT2D eigenvalue weighted by Crippen LogP contribution is 2.64. The van der Waals surface area contributed by atoms with Crippen molar-refractivity contribution in [3.8, 4) is 0 Å². The fourth-order valence-electron chi connectivity index (χ4n) is 8.63. The number of carbonyl (C=O) groups excluding carboxylic acids is 1. The van der Waals surface area contributed by atoms with Crippen LogP contribution in [0.4, 0.5) is 11.5 Å². The molecule has 5 heteroatoms. The van der Waals surface area contributed by atoms with Crippen molar-refractivity contribution in [3.05, 3.63) is 18.3 Å². The molecule has 5 nitrogen and oxygen atoms in total. The zero-order valence-electron chi connectivity index (χ0n) is 19.3. The molecular weight excluding hydrogens is 384 g/mol. The van der Waals surface area contributed by atoms with Gasteiger partial charge in [-0.15, -0.1) is 0 Å². The number of nitrogen functional groups attached to an aromatic ring is 1. The Morgan fingerprint density at radius 2 is 1.94 bits per heavy atom. The van der Waals surface area contributed by atoms with E-state index < -0.39 is 0 Å². The zero-order valence-corrected chi connectivity index (χ0v) is 19.3. The van der Waals surface area contributed by atoms with Crippen LogP contribution in [0.25, 0.3) is 0 Å². The van der Waals surface area contributed by atoms with Crippen molar-refractivity contribution in [2.45, 2.75) is 71.6 Å². The SMILES string of the molecule is C[C@H]1CCC2C(CCC3C2CCC2(C)C(C(=O)CN(N)c4cccnc4N)CCC32)C1. The van der Waals surface area contributed by atoms with Crippen LogP contribution < -0.4 is 16.6 Å². The van der Waals surface area contributed by atoms with Gasteiger partial charge in [-0.1, -0.05) is 20.3 Å². The summed E-state index contributed by atoms with van der Waals surface area (Å²) in [4.78, 5) is 17.6. The molecule has 0 bridgehead atoms. The van der Waals surface area contributed by atoms with E-state index in [1.165, 1.54) is 56.4 Å². The van der Waals surface area contributed by atoms with Crippen molar-refractivity contribution in [3.63, 3.8) is 0 Å². The van der Waals surface area contributed by atoms with Crippen LogP contribution in [-0.4, -0.2) is 17.3 Å². The lowest BCUT2D eigenvalue weighted by Gasteiger charge is -2.56. The molecule has 1 aromatic rings. The average molecular weight is 425 g/mol. The van der Waals surface area contributed by atoms with Crippen molar-refractivity contribution in [1.29, 1.82) is 0 Å². The Labute approximate surface area is 187 Å². The van der Waals surface area contributed by atoms with Crippen LogP contribution in [0.3, 0.4) is 0 Å². The molecule has 31 heavy (non-hydrogen) atoms. The van der Waals surface area contributed by atoms with Crippen LogP contribution in [0.15, 0.2) is 18.3 Å². The third-order valence-corrected chi connectivity index (χ3v) is 10.1. The number of carbonyl (C=O) groups is 1. The molecule has 0 aromatic carbocycles. The first-order chi connectivity index (χ1) is 14.9. The molecule has 7 unspecified atom stereocenters. The Morgan fingerprint density at radius 3 is 2.74 bits per heavy atom. The monoisotopic (exact) mass is 424 g/mol. The van der Waals surface area contributed by atoms with Crippen LogP contribution in [0.2, 0.25) is 0 Å². The summed E-state index contributed by atoms with van der Waals surface area (Å²) in [5, 5.41) is 1.50. The maximum absolute atomic E-state index is 13.4. The minimum absolute atomic E-state index is 0.131. The minimum Gasteiger partial charge on any atom is -0.382 e. The van der Waals surface area contributed by atoms with Gasteiger partial charge in [-0.05, 0) is 104 Å². The van der Waals surface area contributed by atoms with Crippen LogP contribution in [0.5, 0.6) is 0 Å². The number of Topliss-reactive ketones (excluding diaryl/α,β-unsaturated/α-hetero) is 1. The number of rotatable bonds is 4. The molecule has 170 valence electrons. The predicted molar refractivity (Wildman–Crippen MR) is 125 cm³/mol. The van der Waals surface area contributed by atoms with E-state index in [9.17, 15) is 4.79 Å². The number of nitrogens with two attached hydrogens (primary N) is 2. The summed E-state index contributed by atoms with van der Waals surface area (Å²) < 4.78 is 0. The van der Waals surface area contributed by atoms with Crippen LogP contribution >= 0.6 is 0 Å². The molecule has 4 saturated carbocycles. The van der Waals surface area contributed by atoms with E-state index in [0.717, 1.165) is 41.9 Å². The largest absolute Gasteiger partial charge is 0.382 e. The molecular formula is C26H40N4O. The first kappa shape index (κ1) is 21.2. The van der Waals surface area contributed by atoms with Gasteiger partial charge in [-0.25, -0.2) is 10.8 Å². The smallest absolute Gasteiger partial charge is 0.157 e. The Morgan fingerprint density at radius 1 is 1.13 bits per heavy atom. The van der Waals surface area contributed by atoms with Crippen LogP contribution in [0.1, 0.15) is 71.6 Å². The van der Waals surface area contributed by atoms with E-state index >= 15 is 0 Å². The van der Waals surface area contributed by atoms with Crippen molar-refractivity contribution in [1.82, 2.24) is 4.98 Å². The van der Waals surface area contributed by atoms with Crippen molar-refractivity contribution in [2.75, 3.05) is 17.3 Å². The lowest BCUT2D eigenvalue weighted by molar-refractivity contribution is -0.129. The zero-order chi connectivity index (χ0) is 21.8. The number of ketones is 1. The Hall–Kier alpha value is -1.62.